The number of nitrogens with one attached hydrogen (secondary N) is 1. The highest BCUT2D eigenvalue weighted by Crippen LogP contribution is 2.26. The van der Waals surface area contributed by atoms with Crippen LogP contribution in [-0.2, 0) is 21.9 Å². The molecule has 0 aliphatic carbocycles. The molecule has 2 amide bonds. The number of rotatable bonds is 10. The van der Waals surface area contributed by atoms with Crippen LogP contribution in [-0.4, -0.2) is 35.1 Å². The molecule has 31 heavy (non-hydrogen) atoms. The SMILES string of the molecule is CCCNC(=O)C(C)N(Cc1ccc(Cl)c(Cl)c1)C(=O)CSCc1ccc(Cl)cc1Cl. The van der Waals surface area contributed by atoms with Gasteiger partial charge in [-0.1, -0.05) is 65.5 Å². The number of amides is 2. The van der Waals surface area contributed by atoms with E-state index in [1.54, 1.807) is 42.2 Å². The lowest BCUT2D eigenvalue weighted by atomic mass is 10.1. The monoisotopic (exact) mass is 520 g/mol. The molecule has 0 radical (unpaired) electrons. The zero-order valence-electron chi connectivity index (χ0n) is 17.3. The van der Waals surface area contributed by atoms with E-state index in [4.69, 9.17) is 46.4 Å². The van der Waals surface area contributed by atoms with Crippen LogP contribution in [0.5, 0.6) is 0 Å². The summed E-state index contributed by atoms with van der Waals surface area (Å²) in [6.45, 7) is 4.50. The van der Waals surface area contributed by atoms with Crippen molar-refractivity contribution >= 4 is 70.0 Å². The minimum Gasteiger partial charge on any atom is -0.354 e. The predicted octanol–water partition coefficient (Wildman–Crippen LogP) is 6.48. The smallest absolute Gasteiger partial charge is 0.242 e. The number of thioether (sulfide) groups is 1. The van der Waals surface area contributed by atoms with Gasteiger partial charge in [0.05, 0.1) is 15.8 Å². The zero-order chi connectivity index (χ0) is 23.0. The maximum Gasteiger partial charge on any atom is 0.242 e. The molecule has 0 bridgehead atoms. The molecule has 2 aromatic rings. The van der Waals surface area contributed by atoms with Crippen molar-refractivity contribution in [2.75, 3.05) is 12.3 Å². The Morgan fingerprint density at radius 2 is 1.77 bits per heavy atom. The van der Waals surface area contributed by atoms with Gasteiger partial charge in [-0.25, -0.2) is 0 Å². The molecular formula is C22H24Cl4N2O2S. The van der Waals surface area contributed by atoms with Gasteiger partial charge < -0.3 is 10.2 Å². The van der Waals surface area contributed by atoms with Crippen molar-refractivity contribution in [3.05, 3.63) is 67.6 Å². The molecule has 0 aliphatic heterocycles. The molecule has 2 aromatic carbocycles. The summed E-state index contributed by atoms with van der Waals surface area (Å²) in [5, 5.41) is 4.82. The largest absolute Gasteiger partial charge is 0.354 e. The Labute approximate surface area is 207 Å². The molecule has 4 nitrogen and oxygen atoms in total. The predicted molar refractivity (Wildman–Crippen MR) is 132 cm³/mol. The lowest BCUT2D eigenvalue weighted by Crippen LogP contribution is -2.48. The van der Waals surface area contributed by atoms with Crippen LogP contribution in [0, 0.1) is 0 Å². The lowest BCUT2D eigenvalue weighted by Gasteiger charge is -2.29. The van der Waals surface area contributed by atoms with Gasteiger partial charge in [-0.05, 0) is 48.7 Å². The molecule has 1 unspecified atom stereocenters. The summed E-state index contributed by atoms with van der Waals surface area (Å²) in [5.41, 5.74) is 1.69. The third-order valence-corrected chi connectivity index (χ3v) is 6.84. The first-order chi connectivity index (χ1) is 14.7. The summed E-state index contributed by atoms with van der Waals surface area (Å²) in [5.74, 6) is 0.408. The maximum atomic E-state index is 13.1. The standard InChI is InChI=1S/C22H24Cl4N2O2S/c1-3-8-27-22(30)14(2)28(11-15-4-7-18(24)20(26)9-15)21(29)13-31-12-16-5-6-17(23)10-19(16)25/h4-7,9-10,14H,3,8,11-13H2,1-2H3,(H,27,30). The second-order valence-corrected chi connectivity index (χ2v) is 9.61. The molecule has 168 valence electrons. The molecule has 0 saturated heterocycles. The third-order valence-electron chi connectivity index (χ3n) is 4.55. The normalized spacial score (nSPS) is 11.8. The first kappa shape index (κ1) is 26.1. The number of carbonyl (C=O) groups is 2. The van der Waals surface area contributed by atoms with Crippen molar-refractivity contribution < 1.29 is 9.59 Å². The minimum atomic E-state index is -0.631. The average Bonchev–Trinajstić information content (AvgIpc) is 2.73. The number of benzene rings is 2. The van der Waals surface area contributed by atoms with Crippen molar-refractivity contribution in [3.63, 3.8) is 0 Å². The van der Waals surface area contributed by atoms with E-state index in [0.717, 1.165) is 17.5 Å². The number of nitrogens with zero attached hydrogens (tertiary/aromatic N) is 1. The van der Waals surface area contributed by atoms with Gasteiger partial charge >= 0.3 is 0 Å². The number of hydrogen-bond donors (Lipinski definition) is 1. The van der Waals surface area contributed by atoms with Gasteiger partial charge in [0.2, 0.25) is 11.8 Å². The summed E-state index contributed by atoms with van der Waals surface area (Å²) in [6, 6.07) is 9.85. The Hall–Kier alpha value is -1.11. The fourth-order valence-corrected chi connectivity index (χ4v) is 4.57. The zero-order valence-corrected chi connectivity index (χ0v) is 21.1. The maximum absolute atomic E-state index is 13.1. The van der Waals surface area contributed by atoms with E-state index in [9.17, 15) is 9.59 Å². The van der Waals surface area contributed by atoms with Crippen molar-refractivity contribution in [3.8, 4) is 0 Å². The summed E-state index contributed by atoms with van der Waals surface area (Å²) in [6.07, 6.45) is 0.816. The van der Waals surface area contributed by atoms with Gasteiger partial charge in [-0.15, -0.1) is 11.8 Å². The first-order valence-electron chi connectivity index (χ1n) is 9.75. The van der Waals surface area contributed by atoms with E-state index < -0.39 is 6.04 Å². The van der Waals surface area contributed by atoms with Gasteiger partial charge in [-0.3, -0.25) is 9.59 Å². The van der Waals surface area contributed by atoms with E-state index in [0.29, 0.717) is 32.4 Å². The first-order valence-corrected chi connectivity index (χ1v) is 12.4. The Bertz CT molecular complexity index is 926. The lowest BCUT2D eigenvalue weighted by molar-refractivity contribution is -0.138. The Morgan fingerprint density at radius 3 is 2.42 bits per heavy atom. The van der Waals surface area contributed by atoms with Crippen molar-refractivity contribution in [2.45, 2.75) is 38.6 Å². The van der Waals surface area contributed by atoms with Crippen molar-refractivity contribution in [1.82, 2.24) is 10.2 Å². The summed E-state index contributed by atoms with van der Waals surface area (Å²) in [4.78, 5) is 27.2. The Balaban J connectivity index is 2.10. The third kappa shape index (κ3) is 8.07. The molecule has 0 spiro atoms. The number of carbonyl (C=O) groups excluding carboxylic acids is 2. The second kappa shape index (κ2) is 12.8. The summed E-state index contributed by atoms with van der Waals surface area (Å²) in [7, 11) is 0. The van der Waals surface area contributed by atoms with Crippen LogP contribution in [0.2, 0.25) is 20.1 Å². The van der Waals surface area contributed by atoms with Crippen LogP contribution in [0.3, 0.4) is 0 Å². The van der Waals surface area contributed by atoms with Crippen LogP contribution >= 0.6 is 58.2 Å². The highest BCUT2D eigenvalue weighted by molar-refractivity contribution is 7.99. The average molecular weight is 522 g/mol. The minimum absolute atomic E-state index is 0.152. The number of hydrogen-bond acceptors (Lipinski definition) is 3. The molecule has 0 aromatic heterocycles. The molecule has 0 fully saturated rings. The van der Waals surface area contributed by atoms with Gasteiger partial charge in [-0.2, -0.15) is 0 Å². The van der Waals surface area contributed by atoms with Gasteiger partial charge in [0.1, 0.15) is 6.04 Å². The van der Waals surface area contributed by atoms with E-state index in [1.807, 2.05) is 13.0 Å². The van der Waals surface area contributed by atoms with Crippen LogP contribution < -0.4 is 5.32 Å². The fourth-order valence-electron chi connectivity index (χ4n) is 2.78. The van der Waals surface area contributed by atoms with E-state index >= 15 is 0 Å². The van der Waals surface area contributed by atoms with Gasteiger partial charge in [0.15, 0.2) is 0 Å². The van der Waals surface area contributed by atoms with E-state index in [2.05, 4.69) is 5.32 Å². The fraction of sp³-hybridized carbons (Fsp3) is 0.364. The second-order valence-electron chi connectivity index (χ2n) is 6.97. The van der Waals surface area contributed by atoms with E-state index in [1.165, 1.54) is 11.8 Å². The van der Waals surface area contributed by atoms with Crippen LogP contribution in [0.25, 0.3) is 0 Å². The van der Waals surface area contributed by atoms with Gasteiger partial charge in [0.25, 0.3) is 0 Å². The molecule has 2 rings (SSSR count). The molecule has 9 heteroatoms. The topological polar surface area (TPSA) is 49.4 Å². The highest BCUT2D eigenvalue weighted by atomic mass is 35.5. The quantitative estimate of drug-likeness (QED) is 0.389. The molecule has 0 saturated carbocycles. The van der Waals surface area contributed by atoms with Crippen molar-refractivity contribution in [2.24, 2.45) is 0 Å². The summed E-state index contributed by atoms with van der Waals surface area (Å²) < 4.78 is 0. The molecule has 0 aliphatic rings. The molecule has 1 atom stereocenters. The number of halogens is 4. The Morgan fingerprint density at radius 1 is 1.03 bits per heavy atom. The van der Waals surface area contributed by atoms with Crippen LogP contribution in [0.4, 0.5) is 0 Å². The van der Waals surface area contributed by atoms with Crippen molar-refractivity contribution in [1.29, 1.82) is 0 Å². The van der Waals surface area contributed by atoms with Gasteiger partial charge in [0, 0.05) is 28.9 Å². The van der Waals surface area contributed by atoms with Crippen LogP contribution in [0.1, 0.15) is 31.4 Å². The van der Waals surface area contributed by atoms with Crippen LogP contribution in [0.15, 0.2) is 36.4 Å². The Kier molecular flexibility index (Phi) is 10.8. The molecule has 0 heterocycles. The highest BCUT2D eigenvalue weighted by Gasteiger charge is 2.26. The van der Waals surface area contributed by atoms with E-state index in [-0.39, 0.29) is 24.1 Å². The summed E-state index contributed by atoms with van der Waals surface area (Å²) >= 11 is 25.7. The molecule has 1 N–H and O–H groups in total. The molecular weight excluding hydrogens is 498 g/mol.